The number of rotatable bonds is 3. The molecule has 5 nitrogen and oxygen atoms in total. The number of nitrogens with one attached hydrogen (secondary N) is 1. The molecule has 142 valence electrons. The molecule has 1 aliphatic rings. The van der Waals surface area contributed by atoms with Gasteiger partial charge < -0.3 is 9.88 Å². The van der Waals surface area contributed by atoms with Crippen molar-refractivity contribution in [3.63, 3.8) is 0 Å². The van der Waals surface area contributed by atoms with Crippen molar-refractivity contribution in [2.75, 3.05) is 13.1 Å². The van der Waals surface area contributed by atoms with Gasteiger partial charge in [0, 0.05) is 42.7 Å². The van der Waals surface area contributed by atoms with Gasteiger partial charge in [0.05, 0.1) is 18.1 Å². The molecule has 0 bridgehead atoms. The van der Waals surface area contributed by atoms with E-state index in [4.69, 9.17) is 0 Å². The first-order valence-electron chi connectivity index (χ1n) is 8.97. The molecule has 0 aromatic carbocycles. The number of H-pyrrole nitrogens is 1. The third kappa shape index (κ3) is 3.61. The Morgan fingerprint density at radius 2 is 1.96 bits per heavy atom. The molecule has 1 N–H and O–H groups in total. The van der Waals surface area contributed by atoms with Gasteiger partial charge in [-0.3, -0.25) is 4.79 Å². The molecule has 0 unspecified atom stereocenters. The fourth-order valence-electron chi connectivity index (χ4n) is 3.82. The largest absolute Gasteiger partial charge is 0.389 e. The van der Waals surface area contributed by atoms with Gasteiger partial charge in [0.25, 0.3) is 0 Å². The number of aromatic amines is 1. The minimum Gasteiger partial charge on any atom is -0.360 e. The van der Waals surface area contributed by atoms with Crippen molar-refractivity contribution in [2.24, 2.45) is 0 Å². The second-order valence-electron chi connectivity index (χ2n) is 6.94. The van der Waals surface area contributed by atoms with Crippen LogP contribution in [-0.4, -0.2) is 45.0 Å². The lowest BCUT2D eigenvalue weighted by Crippen LogP contribution is -2.38. The highest BCUT2D eigenvalue weighted by molar-refractivity contribution is 6.05. The average Bonchev–Trinajstić information content (AvgIpc) is 3.10. The topological polar surface area (TPSA) is 61.9 Å². The Kier molecular flexibility index (Phi) is 4.49. The van der Waals surface area contributed by atoms with Gasteiger partial charge in [0.15, 0.2) is 5.65 Å². The Hall–Kier alpha value is -2.64. The molecule has 1 fully saturated rings. The molecular weight excluding hydrogens is 357 g/mol. The van der Waals surface area contributed by atoms with E-state index in [0.717, 1.165) is 21.9 Å². The zero-order chi connectivity index (χ0) is 19.0. The van der Waals surface area contributed by atoms with Crippen molar-refractivity contribution in [3.05, 3.63) is 36.3 Å². The fraction of sp³-hybridized carbons (Fsp3) is 0.421. The molecule has 1 aliphatic heterocycles. The van der Waals surface area contributed by atoms with Gasteiger partial charge in [-0.15, -0.1) is 0 Å². The molecular formula is C19H19F3N4O. The number of alkyl halides is 3. The number of fused-ring (bicyclic) bond motifs is 3. The Morgan fingerprint density at radius 1 is 1.22 bits per heavy atom. The van der Waals surface area contributed by atoms with Gasteiger partial charge in [0.1, 0.15) is 0 Å². The summed E-state index contributed by atoms with van der Waals surface area (Å²) in [5.41, 5.74) is 2.73. The molecule has 0 atom stereocenters. The van der Waals surface area contributed by atoms with E-state index >= 15 is 0 Å². The van der Waals surface area contributed by atoms with Gasteiger partial charge in [-0.25, -0.2) is 9.97 Å². The molecule has 3 aromatic rings. The Bertz CT molecular complexity index is 974. The van der Waals surface area contributed by atoms with Crippen LogP contribution in [0.15, 0.2) is 30.7 Å². The minimum absolute atomic E-state index is 0.217. The number of amides is 1. The second-order valence-corrected chi connectivity index (χ2v) is 6.94. The van der Waals surface area contributed by atoms with Gasteiger partial charge in [-0.1, -0.05) is 6.07 Å². The smallest absolute Gasteiger partial charge is 0.360 e. The lowest BCUT2D eigenvalue weighted by atomic mass is 9.88. The second kappa shape index (κ2) is 6.83. The van der Waals surface area contributed by atoms with Crippen LogP contribution in [0.25, 0.3) is 21.9 Å². The summed E-state index contributed by atoms with van der Waals surface area (Å²) in [5, 5.41) is 2.07. The minimum atomic E-state index is -4.29. The number of likely N-dealkylation sites (tertiary alicyclic amines) is 1. The summed E-state index contributed by atoms with van der Waals surface area (Å²) in [6.45, 7) is 0.941. The van der Waals surface area contributed by atoms with Crippen LogP contribution in [0.2, 0.25) is 0 Å². The summed E-state index contributed by atoms with van der Waals surface area (Å²) in [6.07, 6.45) is 1.05. The molecule has 3 aromatic heterocycles. The van der Waals surface area contributed by atoms with E-state index in [9.17, 15) is 18.0 Å². The van der Waals surface area contributed by atoms with E-state index in [0.29, 0.717) is 31.6 Å². The van der Waals surface area contributed by atoms with Crippen molar-refractivity contribution < 1.29 is 18.0 Å². The summed E-state index contributed by atoms with van der Waals surface area (Å²) >= 11 is 0. The van der Waals surface area contributed by atoms with Gasteiger partial charge >= 0.3 is 6.18 Å². The molecule has 1 amide bonds. The number of carbonyl (C=O) groups excluding carboxylic acids is 1. The van der Waals surface area contributed by atoms with Crippen molar-refractivity contribution in [1.29, 1.82) is 0 Å². The summed E-state index contributed by atoms with van der Waals surface area (Å²) < 4.78 is 37.0. The molecule has 1 saturated heterocycles. The van der Waals surface area contributed by atoms with Crippen LogP contribution in [-0.2, 0) is 4.79 Å². The highest BCUT2D eigenvalue weighted by Crippen LogP contribution is 2.36. The third-order valence-electron chi connectivity index (χ3n) is 5.22. The Morgan fingerprint density at radius 3 is 2.70 bits per heavy atom. The van der Waals surface area contributed by atoms with Crippen LogP contribution in [0.4, 0.5) is 13.2 Å². The maximum Gasteiger partial charge on any atom is 0.389 e. The zero-order valence-electron chi connectivity index (χ0n) is 14.6. The first-order valence-corrected chi connectivity index (χ1v) is 8.97. The van der Waals surface area contributed by atoms with Crippen LogP contribution in [0.5, 0.6) is 0 Å². The van der Waals surface area contributed by atoms with Crippen molar-refractivity contribution in [1.82, 2.24) is 19.9 Å². The third-order valence-corrected chi connectivity index (χ3v) is 5.22. The Labute approximate surface area is 153 Å². The zero-order valence-corrected chi connectivity index (χ0v) is 14.6. The first kappa shape index (κ1) is 17.8. The van der Waals surface area contributed by atoms with Crippen LogP contribution in [0.3, 0.4) is 0 Å². The van der Waals surface area contributed by atoms with Crippen molar-refractivity contribution >= 4 is 27.8 Å². The lowest BCUT2D eigenvalue weighted by Gasteiger charge is -2.32. The van der Waals surface area contributed by atoms with Crippen LogP contribution < -0.4 is 0 Å². The molecule has 0 saturated carbocycles. The number of pyridine rings is 2. The van der Waals surface area contributed by atoms with Crippen molar-refractivity contribution in [2.45, 2.75) is 37.8 Å². The highest BCUT2D eigenvalue weighted by Gasteiger charge is 2.31. The monoisotopic (exact) mass is 376 g/mol. The SMILES string of the molecule is O=C(CCC(F)(F)F)N1CCC(c2cnc3ncc4[nH]cccc4c23)CC1. The van der Waals surface area contributed by atoms with Gasteiger partial charge in [-0.2, -0.15) is 13.2 Å². The van der Waals surface area contributed by atoms with Crippen LogP contribution in [0.1, 0.15) is 37.2 Å². The average molecular weight is 376 g/mol. The molecule has 4 heterocycles. The van der Waals surface area contributed by atoms with E-state index in [1.165, 1.54) is 0 Å². The van der Waals surface area contributed by atoms with E-state index in [-0.39, 0.29) is 5.92 Å². The van der Waals surface area contributed by atoms with E-state index in [1.54, 1.807) is 11.1 Å². The maximum absolute atomic E-state index is 12.3. The number of aromatic nitrogens is 3. The lowest BCUT2D eigenvalue weighted by molar-refractivity contribution is -0.149. The highest BCUT2D eigenvalue weighted by atomic mass is 19.4. The number of hydrogen-bond acceptors (Lipinski definition) is 3. The van der Waals surface area contributed by atoms with E-state index in [1.807, 2.05) is 24.5 Å². The Balaban J connectivity index is 1.50. The number of piperidine rings is 1. The van der Waals surface area contributed by atoms with Gasteiger partial charge in [-0.05, 0) is 30.4 Å². The van der Waals surface area contributed by atoms with Crippen molar-refractivity contribution in [3.8, 4) is 0 Å². The molecule has 4 rings (SSSR count). The van der Waals surface area contributed by atoms with Crippen LogP contribution in [0, 0.1) is 0 Å². The summed E-state index contributed by atoms with van der Waals surface area (Å²) in [5.74, 6) is -0.202. The number of nitrogens with zero attached hydrogens (tertiary/aromatic N) is 3. The molecule has 27 heavy (non-hydrogen) atoms. The summed E-state index contributed by atoms with van der Waals surface area (Å²) in [6, 6.07) is 3.96. The normalized spacial score (nSPS) is 16.3. The molecule has 0 radical (unpaired) electrons. The van der Waals surface area contributed by atoms with E-state index < -0.39 is 24.9 Å². The molecule has 8 heteroatoms. The maximum atomic E-state index is 12.3. The summed E-state index contributed by atoms with van der Waals surface area (Å²) in [7, 11) is 0. The number of halogens is 3. The quantitative estimate of drug-likeness (QED) is 0.747. The first-order chi connectivity index (χ1) is 12.9. The molecule has 0 spiro atoms. The van der Waals surface area contributed by atoms with Crippen LogP contribution >= 0.6 is 0 Å². The standard InChI is InChI=1S/C19H19F3N4O/c20-19(21,22)6-3-16(27)26-8-4-12(5-9-26)14-10-24-18-17(14)13-2-1-7-23-15(13)11-25-18/h1-2,7,10-12,23H,3-6,8-9H2. The van der Waals surface area contributed by atoms with Gasteiger partial charge in [0.2, 0.25) is 5.91 Å². The number of hydrogen-bond donors (Lipinski definition) is 1. The summed E-state index contributed by atoms with van der Waals surface area (Å²) in [4.78, 5) is 25.6. The molecule has 0 aliphatic carbocycles. The van der Waals surface area contributed by atoms with E-state index in [2.05, 4.69) is 15.0 Å². The number of carbonyl (C=O) groups is 1. The predicted molar refractivity (Wildman–Crippen MR) is 95.2 cm³/mol. The fourth-order valence-corrected chi connectivity index (χ4v) is 3.82. The predicted octanol–water partition coefficient (Wildman–Crippen LogP) is 4.16.